The Kier molecular flexibility index (Phi) is 8.32. The van der Waals surface area contributed by atoms with Crippen molar-refractivity contribution in [2.45, 2.75) is 39.5 Å². The normalized spacial score (nSPS) is 10.9. The Labute approximate surface area is 142 Å². The van der Waals surface area contributed by atoms with Crippen molar-refractivity contribution in [1.29, 1.82) is 0 Å². The number of carbonyl (C=O) groups is 2. The minimum atomic E-state index is -0.259. The minimum absolute atomic E-state index is 0.0639. The van der Waals surface area contributed by atoms with Crippen LogP contribution in [-0.4, -0.2) is 31.7 Å². The molecule has 2 N–H and O–H groups in total. The fourth-order valence-electron chi connectivity index (χ4n) is 1.93. The molecule has 0 fully saturated rings. The van der Waals surface area contributed by atoms with E-state index < -0.39 is 0 Å². The van der Waals surface area contributed by atoms with Crippen LogP contribution in [0.5, 0.6) is 11.5 Å². The second-order valence-electron chi connectivity index (χ2n) is 5.28. The number of carbonyl (C=O) groups excluding carboxylic acids is 2. The van der Waals surface area contributed by atoms with Gasteiger partial charge in [-0.2, -0.15) is 5.10 Å². The summed E-state index contributed by atoms with van der Waals surface area (Å²) in [7, 11) is 3.07. The van der Waals surface area contributed by atoms with Crippen molar-refractivity contribution < 1.29 is 19.1 Å². The molecule has 0 aliphatic rings. The molecule has 24 heavy (non-hydrogen) atoms. The number of hydrogen-bond acceptors (Lipinski definition) is 5. The van der Waals surface area contributed by atoms with Gasteiger partial charge in [-0.25, -0.2) is 5.43 Å². The first-order chi connectivity index (χ1) is 11.5. The van der Waals surface area contributed by atoms with E-state index in [1.54, 1.807) is 32.2 Å². The van der Waals surface area contributed by atoms with E-state index in [9.17, 15) is 9.59 Å². The zero-order valence-electron chi connectivity index (χ0n) is 14.6. The highest BCUT2D eigenvalue weighted by Gasteiger charge is 2.10. The van der Waals surface area contributed by atoms with Gasteiger partial charge in [-0.3, -0.25) is 9.59 Å². The first kappa shape index (κ1) is 19.5. The molecular weight excluding hydrogens is 310 g/mol. The third-order valence-corrected chi connectivity index (χ3v) is 3.23. The zero-order valence-corrected chi connectivity index (χ0v) is 14.6. The predicted molar refractivity (Wildman–Crippen MR) is 93.6 cm³/mol. The lowest BCUT2D eigenvalue weighted by Gasteiger charge is -2.11. The molecule has 0 aliphatic carbocycles. The molecule has 0 heterocycles. The molecule has 0 saturated carbocycles. The van der Waals surface area contributed by atoms with Gasteiger partial charge in [0.05, 0.1) is 26.3 Å². The van der Waals surface area contributed by atoms with Crippen LogP contribution in [0.25, 0.3) is 0 Å². The van der Waals surface area contributed by atoms with Gasteiger partial charge >= 0.3 is 0 Å². The van der Waals surface area contributed by atoms with E-state index in [1.807, 2.05) is 6.92 Å². The fraction of sp³-hybridized carbons (Fsp3) is 0.471. The molecule has 0 bridgehead atoms. The summed E-state index contributed by atoms with van der Waals surface area (Å²) in [6.07, 6.45) is 2.26. The van der Waals surface area contributed by atoms with Crippen LogP contribution in [-0.2, 0) is 9.59 Å². The van der Waals surface area contributed by atoms with Crippen LogP contribution in [0.4, 0.5) is 5.69 Å². The quantitative estimate of drug-likeness (QED) is 0.536. The van der Waals surface area contributed by atoms with Crippen molar-refractivity contribution in [1.82, 2.24) is 5.43 Å². The number of ether oxygens (including phenoxy) is 2. The number of nitrogens with one attached hydrogen (secondary N) is 2. The van der Waals surface area contributed by atoms with Gasteiger partial charge in [-0.1, -0.05) is 13.3 Å². The molecule has 1 rings (SSSR count). The van der Waals surface area contributed by atoms with Gasteiger partial charge in [0.15, 0.2) is 0 Å². The maximum Gasteiger partial charge on any atom is 0.240 e. The molecule has 0 unspecified atom stereocenters. The van der Waals surface area contributed by atoms with Gasteiger partial charge in [-0.15, -0.1) is 0 Å². The summed E-state index contributed by atoms with van der Waals surface area (Å²) < 4.78 is 10.3. The van der Waals surface area contributed by atoms with E-state index in [0.717, 1.165) is 12.8 Å². The Morgan fingerprint density at radius 1 is 1.17 bits per heavy atom. The first-order valence-electron chi connectivity index (χ1n) is 7.84. The van der Waals surface area contributed by atoms with Crippen LogP contribution in [0.2, 0.25) is 0 Å². The van der Waals surface area contributed by atoms with Gasteiger partial charge in [0.25, 0.3) is 0 Å². The summed E-state index contributed by atoms with van der Waals surface area (Å²) >= 11 is 0. The average molecular weight is 335 g/mol. The van der Waals surface area contributed by atoms with E-state index >= 15 is 0 Å². The maximum atomic E-state index is 12.1. The molecule has 132 valence electrons. The predicted octanol–water partition coefficient (Wildman–Crippen LogP) is 2.71. The van der Waals surface area contributed by atoms with Crippen molar-refractivity contribution in [3.63, 3.8) is 0 Å². The number of unbranched alkanes of at least 4 members (excludes halogenated alkanes) is 1. The van der Waals surface area contributed by atoms with Gasteiger partial charge in [0.2, 0.25) is 11.8 Å². The Morgan fingerprint density at radius 3 is 2.54 bits per heavy atom. The van der Waals surface area contributed by atoms with Crippen LogP contribution in [0.15, 0.2) is 23.3 Å². The molecule has 7 nitrogen and oxygen atoms in total. The van der Waals surface area contributed by atoms with Crippen LogP contribution < -0.4 is 20.2 Å². The van der Waals surface area contributed by atoms with E-state index in [0.29, 0.717) is 29.3 Å². The third-order valence-electron chi connectivity index (χ3n) is 3.23. The highest BCUT2D eigenvalue weighted by Crippen LogP contribution is 2.28. The standard InChI is InChI=1S/C17H25N3O4/c1-5-6-7-16(21)20-19-12(2)10-17(22)18-14-11-13(23-3)8-9-15(14)24-4/h8-9,11H,5-7,10H2,1-4H3,(H,18,22)(H,20,21)/b19-12+. The Morgan fingerprint density at radius 2 is 1.92 bits per heavy atom. The number of benzene rings is 1. The zero-order chi connectivity index (χ0) is 17.9. The summed E-state index contributed by atoms with van der Waals surface area (Å²) in [5.74, 6) is 0.739. The molecule has 7 heteroatoms. The Balaban J connectivity index is 2.60. The van der Waals surface area contributed by atoms with Gasteiger partial charge in [-0.05, 0) is 25.5 Å². The summed E-state index contributed by atoms with van der Waals surface area (Å²) in [6.45, 7) is 3.70. The van der Waals surface area contributed by atoms with E-state index in [4.69, 9.17) is 9.47 Å². The first-order valence-corrected chi connectivity index (χ1v) is 7.84. The van der Waals surface area contributed by atoms with Crippen molar-refractivity contribution >= 4 is 23.2 Å². The van der Waals surface area contributed by atoms with E-state index in [2.05, 4.69) is 15.8 Å². The largest absolute Gasteiger partial charge is 0.497 e. The summed E-state index contributed by atoms with van der Waals surface area (Å²) in [5.41, 5.74) is 3.48. The fourth-order valence-corrected chi connectivity index (χ4v) is 1.93. The lowest BCUT2D eigenvalue weighted by atomic mass is 10.2. The molecule has 0 aromatic heterocycles. The van der Waals surface area contributed by atoms with E-state index in [-0.39, 0.29) is 18.2 Å². The lowest BCUT2D eigenvalue weighted by Crippen LogP contribution is -2.21. The molecular formula is C17H25N3O4. The second-order valence-corrected chi connectivity index (χ2v) is 5.28. The molecule has 0 spiro atoms. The molecule has 1 aromatic carbocycles. The number of rotatable bonds is 9. The number of hydrazone groups is 1. The summed E-state index contributed by atoms with van der Waals surface area (Å²) in [6, 6.07) is 5.13. The van der Waals surface area contributed by atoms with E-state index in [1.165, 1.54) is 7.11 Å². The molecule has 0 aliphatic heterocycles. The SMILES string of the molecule is CCCCC(=O)N/N=C(\C)CC(=O)Nc1cc(OC)ccc1OC. The Hall–Kier alpha value is -2.57. The van der Waals surface area contributed by atoms with Crippen molar-refractivity contribution in [3.05, 3.63) is 18.2 Å². The van der Waals surface area contributed by atoms with Crippen LogP contribution in [0, 0.1) is 0 Å². The summed E-state index contributed by atoms with van der Waals surface area (Å²) in [4.78, 5) is 23.6. The monoisotopic (exact) mass is 335 g/mol. The maximum absolute atomic E-state index is 12.1. The molecule has 2 amide bonds. The van der Waals surface area contributed by atoms with Gasteiger partial charge < -0.3 is 14.8 Å². The topological polar surface area (TPSA) is 89.0 Å². The molecule has 1 aromatic rings. The molecule has 0 radical (unpaired) electrons. The van der Waals surface area contributed by atoms with Gasteiger partial charge in [0, 0.05) is 18.2 Å². The van der Waals surface area contributed by atoms with Crippen molar-refractivity contribution in [2.75, 3.05) is 19.5 Å². The highest BCUT2D eigenvalue weighted by atomic mass is 16.5. The third kappa shape index (κ3) is 6.68. The lowest BCUT2D eigenvalue weighted by molar-refractivity contribution is -0.121. The molecule has 0 saturated heterocycles. The number of hydrogen-bond donors (Lipinski definition) is 2. The number of methoxy groups -OCH3 is 2. The van der Waals surface area contributed by atoms with Crippen molar-refractivity contribution in [2.24, 2.45) is 5.10 Å². The van der Waals surface area contributed by atoms with Crippen molar-refractivity contribution in [3.8, 4) is 11.5 Å². The van der Waals surface area contributed by atoms with Crippen LogP contribution in [0.1, 0.15) is 39.5 Å². The number of amides is 2. The van der Waals surface area contributed by atoms with Crippen LogP contribution in [0.3, 0.4) is 0 Å². The second kappa shape index (κ2) is 10.3. The number of nitrogens with zero attached hydrogens (tertiary/aromatic N) is 1. The van der Waals surface area contributed by atoms with Crippen LogP contribution >= 0.6 is 0 Å². The smallest absolute Gasteiger partial charge is 0.240 e. The van der Waals surface area contributed by atoms with Gasteiger partial charge in [0.1, 0.15) is 11.5 Å². The minimum Gasteiger partial charge on any atom is -0.497 e. The highest BCUT2D eigenvalue weighted by molar-refractivity contribution is 6.06. The molecule has 0 atom stereocenters. The summed E-state index contributed by atoms with van der Waals surface area (Å²) in [5, 5.41) is 6.69. The average Bonchev–Trinajstić information content (AvgIpc) is 2.57. The Bertz CT molecular complexity index is 599. The number of anilines is 1.